The number of fused-ring (bicyclic) bond motifs is 8. The second-order valence-electron chi connectivity index (χ2n) is 27.1. The van der Waals surface area contributed by atoms with Crippen LogP contribution in [0, 0.1) is 34.5 Å². The van der Waals surface area contributed by atoms with Gasteiger partial charge in [0.25, 0.3) is 0 Å². The zero-order chi connectivity index (χ0) is 58.7. The topological polar surface area (TPSA) is 152 Å². The lowest BCUT2D eigenvalue weighted by atomic mass is 9.43. The summed E-state index contributed by atoms with van der Waals surface area (Å²) in [5.74, 6) is 5.93. The van der Waals surface area contributed by atoms with Gasteiger partial charge in [0.05, 0.1) is 51.2 Å². The number of hydrogen-bond donors (Lipinski definition) is 4. The molecule has 4 N–H and O–H groups in total. The largest absolute Gasteiger partial charge is 0.497 e. The van der Waals surface area contributed by atoms with Gasteiger partial charge in [-0.3, -0.25) is 9.59 Å². The summed E-state index contributed by atoms with van der Waals surface area (Å²) in [6, 6.07) is 38.9. The number of aromatic amines is 2. The van der Waals surface area contributed by atoms with Gasteiger partial charge >= 0.3 is 0 Å². The molecule has 2 amide bonds. The second kappa shape index (κ2) is 20.7. The Morgan fingerprint density at radius 3 is 1.08 bits per heavy atom. The molecule has 4 unspecified atom stereocenters. The Morgan fingerprint density at radius 1 is 0.442 bits per heavy atom. The van der Waals surface area contributed by atoms with E-state index in [0.29, 0.717) is 23.7 Å². The minimum absolute atomic E-state index is 0.0331. The average molecular weight is 1150 g/mol. The molecule has 7 aromatic rings. The maximum atomic E-state index is 12.3. The van der Waals surface area contributed by atoms with E-state index < -0.39 is 0 Å². The zero-order valence-electron chi connectivity index (χ0n) is 50.3. The Balaban J connectivity index is 0.944. The van der Waals surface area contributed by atoms with Crippen LogP contribution in [0.2, 0.25) is 0 Å². The summed E-state index contributed by atoms with van der Waals surface area (Å²) in [6.07, 6.45) is 22.5. The number of aromatic nitrogens is 4. The highest BCUT2D eigenvalue weighted by Crippen LogP contribution is 2.68. The first-order chi connectivity index (χ1) is 41.7. The van der Waals surface area contributed by atoms with Crippen LogP contribution in [0.1, 0.15) is 125 Å². The summed E-state index contributed by atoms with van der Waals surface area (Å²) >= 11 is 0. The van der Waals surface area contributed by atoms with E-state index in [2.05, 4.69) is 130 Å². The number of ether oxygens (including phenoxy) is 4. The fourth-order valence-electron chi connectivity index (χ4n) is 19.1. The number of amides is 2. The van der Waals surface area contributed by atoms with Crippen molar-refractivity contribution in [2.24, 2.45) is 34.5 Å². The molecule has 8 fully saturated rings. The van der Waals surface area contributed by atoms with Crippen LogP contribution in [0.4, 0.5) is 0 Å². The number of hydrogen-bond acceptors (Lipinski definition) is 8. The molecule has 17 rings (SSSR count). The van der Waals surface area contributed by atoms with Crippen molar-refractivity contribution in [3.63, 3.8) is 0 Å². The summed E-state index contributed by atoms with van der Waals surface area (Å²) in [5.41, 5.74) is 17.3. The van der Waals surface area contributed by atoms with E-state index >= 15 is 0 Å². The SMILES string of the molecule is COc1ccc(-c2c3nc(c(-c4ccc(C56CC7CC(CC(CNC(C)=O)(C7)C5)C6)c(OC)c4)c4ccc([nH]4)c(-c4ccc(OC)cc4)c4nc(c(-c5ccc(C67CC8CC(CC(CNC(C)=O)(C8)C6)C7)c(OC)c5)c5ccc2[nH]5)C=C4)C=C3)cc1. The highest BCUT2D eigenvalue weighted by Gasteiger charge is 2.60. The first-order valence-electron chi connectivity index (χ1n) is 31.1. The van der Waals surface area contributed by atoms with E-state index in [-0.39, 0.29) is 33.5 Å². The van der Waals surface area contributed by atoms with E-state index in [4.69, 9.17) is 28.9 Å². The molecule has 5 heterocycles. The molecule has 8 saturated carbocycles. The maximum absolute atomic E-state index is 12.3. The summed E-state index contributed by atoms with van der Waals surface area (Å²) < 4.78 is 24.5. The minimum Gasteiger partial charge on any atom is -0.497 e. The number of nitrogens with one attached hydrogen (secondary N) is 4. The highest BCUT2D eigenvalue weighted by atomic mass is 16.5. The molecule has 12 heteroatoms. The Bertz CT molecular complexity index is 3860. The van der Waals surface area contributed by atoms with Crippen molar-refractivity contribution in [2.45, 2.75) is 102 Å². The Labute approximate surface area is 503 Å². The standard InChI is InChI=1S/C74H76N6O6/c1-43(81)75-41-71-31-45-27-46(32-71)36-73(35-45,39-71)55-17-11-51(29-65(55)85-5)69-61-23-19-57(77-61)67(49-7-13-53(83-3)14-8-49)59-21-25-63(79-59)70(64-26-22-60(80-64)68(58-20-24-62(69)78-58)50-9-15-54(84-4)16-10-50)52-12-18-56(66(30-52)86-6)74-37-47-28-48(38-74)34-72(33-47,40-74)42-76-44(2)82/h7-26,29-30,45-48,77,80H,27-28,31-42H2,1-6H3,(H,75,81)(H,76,82). The first-order valence-corrected chi connectivity index (χ1v) is 31.1. The normalized spacial score (nSPS) is 26.2. The molecule has 10 aliphatic rings. The number of carbonyl (C=O) groups is 2. The number of rotatable bonds is 14. The van der Waals surface area contributed by atoms with Crippen molar-refractivity contribution in [2.75, 3.05) is 41.5 Å². The van der Waals surface area contributed by atoms with Crippen LogP contribution < -0.4 is 29.6 Å². The molecule has 4 atom stereocenters. The number of H-pyrrole nitrogens is 2. The predicted octanol–water partition coefficient (Wildman–Crippen LogP) is 15.3. The predicted molar refractivity (Wildman–Crippen MR) is 342 cm³/mol. The highest BCUT2D eigenvalue weighted by molar-refractivity contribution is 6.00. The Hall–Kier alpha value is -8.38. The van der Waals surface area contributed by atoms with Gasteiger partial charge in [-0.1, -0.05) is 48.5 Å². The van der Waals surface area contributed by atoms with E-state index in [1.54, 1.807) is 28.1 Å². The number of benzene rings is 4. The second-order valence-corrected chi connectivity index (χ2v) is 27.1. The monoisotopic (exact) mass is 1140 g/mol. The molecule has 12 nitrogen and oxygen atoms in total. The molecule has 0 spiro atoms. The van der Waals surface area contributed by atoms with Crippen molar-refractivity contribution in [3.8, 4) is 67.5 Å². The lowest BCUT2D eigenvalue weighted by Crippen LogP contribution is -2.57. The zero-order valence-corrected chi connectivity index (χ0v) is 50.3. The molecule has 0 radical (unpaired) electrons. The van der Waals surface area contributed by atoms with Gasteiger partial charge in [-0.15, -0.1) is 0 Å². The third-order valence-corrected chi connectivity index (χ3v) is 21.4. The lowest BCUT2D eigenvalue weighted by molar-refractivity contribution is -0.122. The van der Waals surface area contributed by atoms with Crippen LogP contribution in [-0.2, 0) is 20.4 Å². The van der Waals surface area contributed by atoms with Gasteiger partial charge in [0.15, 0.2) is 0 Å². The van der Waals surface area contributed by atoms with E-state index in [9.17, 15) is 9.59 Å². The summed E-state index contributed by atoms with van der Waals surface area (Å²) in [7, 11) is 7.02. The van der Waals surface area contributed by atoms with Crippen LogP contribution in [0.5, 0.6) is 23.0 Å². The van der Waals surface area contributed by atoms with Crippen molar-refractivity contribution in [1.29, 1.82) is 0 Å². The lowest BCUT2D eigenvalue weighted by Gasteiger charge is -2.62. The molecular formula is C74H76N6O6. The molecular weight excluding hydrogens is 1070 g/mol. The molecule has 16 bridgehead atoms. The van der Waals surface area contributed by atoms with Crippen molar-refractivity contribution in [1.82, 2.24) is 30.6 Å². The molecule has 438 valence electrons. The molecule has 2 aliphatic heterocycles. The van der Waals surface area contributed by atoms with Crippen molar-refractivity contribution >= 4 is 58.2 Å². The fourth-order valence-corrected chi connectivity index (χ4v) is 19.1. The summed E-state index contributed by atoms with van der Waals surface area (Å²) in [6.45, 7) is 4.76. The molecule has 3 aromatic heterocycles. The summed E-state index contributed by atoms with van der Waals surface area (Å²) in [5, 5.41) is 6.51. The number of methoxy groups -OCH3 is 4. The van der Waals surface area contributed by atoms with Crippen LogP contribution >= 0.6 is 0 Å². The quantitative estimate of drug-likeness (QED) is 0.0840. The van der Waals surface area contributed by atoms with E-state index in [0.717, 1.165) is 164 Å². The summed E-state index contributed by atoms with van der Waals surface area (Å²) in [4.78, 5) is 44.0. The van der Waals surface area contributed by atoms with Gasteiger partial charge in [0.1, 0.15) is 23.0 Å². The van der Waals surface area contributed by atoms with Gasteiger partial charge in [0.2, 0.25) is 11.8 Å². The van der Waals surface area contributed by atoms with E-state index in [1.807, 2.05) is 38.5 Å². The van der Waals surface area contributed by atoms with Gasteiger partial charge in [0, 0.05) is 93.2 Å². The van der Waals surface area contributed by atoms with Crippen LogP contribution in [-0.4, -0.2) is 73.3 Å². The Kier molecular flexibility index (Phi) is 13.0. The van der Waals surface area contributed by atoms with Gasteiger partial charge in [-0.25, -0.2) is 9.97 Å². The number of nitrogens with zero attached hydrogens (tertiary/aromatic N) is 2. The fraction of sp³-hybridized carbons (Fsp3) is 0.378. The average Bonchev–Trinajstić information content (AvgIpc) is 0.998. The minimum atomic E-state index is -0.0331. The molecule has 8 aliphatic carbocycles. The third-order valence-electron chi connectivity index (χ3n) is 21.4. The van der Waals surface area contributed by atoms with Gasteiger partial charge < -0.3 is 39.5 Å². The van der Waals surface area contributed by atoms with Crippen LogP contribution in [0.25, 0.3) is 90.9 Å². The molecule has 4 aromatic carbocycles. The smallest absolute Gasteiger partial charge is 0.216 e. The van der Waals surface area contributed by atoms with Gasteiger partial charge in [-0.2, -0.15) is 0 Å². The molecule has 0 saturated heterocycles. The van der Waals surface area contributed by atoms with Crippen LogP contribution in [0.3, 0.4) is 0 Å². The first kappa shape index (κ1) is 54.3. The van der Waals surface area contributed by atoms with E-state index in [1.165, 1.54) is 49.7 Å². The van der Waals surface area contributed by atoms with Gasteiger partial charge in [-0.05, 0) is 219 Å². The Morgan fingerprint density at radius 2 is 0.767 bits per heavy atom. The van der Waals surface area contributed by atoms with Crippen molar-refractivity contribution < 1.29 is 28.5 Å². The van der Waals surface area contributed by atoms with Crippen LogP contribution in [0.15, 0.2) is 109 Å². The third kappa shape index (κ3) is 9.23. The maximum Gasteiger partial charge on any atom is 0.216 e. The number of carbonyl (C=O) groups excluding carboxylic acids is 2. The molecule has 86 heavy (non-hydrogen) atoms. The van der Waals surface area contributed by atoms with Crippen molar-refractivity contribution in [3.05, 3.63) is 143 Å².